The lowest BCUT2D eigenvalue weighted by atomic mass is 10.1. The molecule has 1 saturated heterocycles. The van der Waals surface area contributed by atoms with Gasteiger partial charge in [0.2, 0.25) is 0 Å². The molecule has 1 heterocycles. The highest BCUT2D eigenvalue weighted by Crippen LogP contribution is 2.20. The maximum Gasteiger partial charge on any atom is 0.0585 e. The van der Waals surface area contributed by atoms with E-state index < -0.39 is 0 Å². The monoisotopic (exact) mass is 241 g/mol. The quantitative estimate of drug-likeness (QED) is 0.693. The van der Waals surface area contributed by atoms with E-state index in [0.717, 1.165) is 19.5 Å². The number of nitrogens with zero attached hydrogens (tertiary/aromatic N) is 2. The lowest BCUT2D eigenvalue weighted by Crippen LogP contribution is -2.51. The zero-order chi connectivity index (χ0) is 12.3. The Labute approximate surface area is 105 Å². The SMILES string of the molecule is CC1CN(CCC(CO)NC2CC2)CCN1C. The van der Waals surface area contributed by atoms with Crippen LogP contribution in [-0.2, 0) is 0 Å². The van der Waals surface area contributed by atoms with Crippen molar-refractivity contribution in [3.05, 3.63) is 0 Å². The second kappa shape index (κ2) is 6.14. The number of hydrogen-bond donors (Lipinski definition) is 2. The predicted molar refractivity (Wildman–Crippen MR) is 70.2 cm³/mol. The van der Waals surface area contributed by atoms with Crippen LogP contribution in [0.2, 0.25) is 0 Å². The minimum Gasteiger partial charge on any atom is -0.395 e. The van der Waals surface area contributed by atoms with Crippen LogP contribution in [0.5, 0.6) is 0 Å². The molecule has 0 radical (unpaired) electrons. The van der Waals surface area contributed by atoms with E-state index in [9.17, 15) is 5.11 Å². The van der Waals surface area contributed by atoms with Crippen LogP contribution in [0.25, 0.3) is 0 Å². The Bertz CT molecular complexity index is 233. The average molecular weight is 241 g/mol. The molecule has 2 fully saturated rings. The van der Waals surface area contributed by atoms with Crippen LogP contribution < -0.4 is 5.32 Å². The van der Waals surface area contributed by atoms with Crippen LogP contribution in [0.15, 0.2) is 0 Å². The van der Waals surface area contributed by atoms with Crippen molar-refractivity contribution in [3.63, 3.8) is 0 Å². The van der Waals surface area contributed by atoms with E-state index in [0.29, 0.717) is 18.1 Å². The number of aliphatic hydroxyl groups is 1. The number of aliphatic hydroxyl groups excluding tert-OH is 1. The van der Waals surface area contributed by atoms with Crippen molar-refractivity contribution in [2.75, 3.05) is 39.8 Å². The van der Waals surface area contributed by atoms with E-state index in [2.05, 4.69) is 29.1 Å². The number of rotatable bonds is 6. The summed E-state index contributed by atoms with van der Waals surface area (Å²) in [7, 11) is 2.20. The van der Waals surface area contributed by atoms with Gasteiger partial charge in [0.05, 0.1) is 6.61 Å². The van der Waals surface area contributed by atoms with Crippen LogP contribution in [0.3, 0.4) is 0 Å². The van der Waals surface area contributed by atoms with Crippen molar-refractivity contribution in [2.45, 2.75) is 44.3 Å². The fraction of sp³-hybridized carbons (Fsp3) is 1.00. The molecule has 0 bridgehead atoms. The molecule has 1 saturated carbocycles. The summed E-state index contributed by atoms with van der Waals surface area (Å²) in [5.41, 5.74) is 0. The van der Waals surface area contributed by atoms with Gasteiger partial charge in [-0.05, 0) is 39.8 Å². The normalized spacial score (nSPS) is 29.5. The summed E-state index contributed by atoms with van der Waals surface area (Å²) in [5, 5.41) is 12.9. The van der Waals surface area contributed by atoms with Gasteiger partial charge in [0.1, 0.15) is 0 Å². The molecule has 0 aromatic carbocycles. The van der Waals surface area contributed by atoms with Crippen molar-refractivity contribution < 1.29 is 5.11 Å². The van der Waals surface area contributed by atoms with E-state index >= 15 is 0 Å². The molecule has 2 unspecified atom stereocenters. The molecule has 1 aliphatic heterocycles. The third kappa shape index (κ3) is 4.21. The van der Waals surface area contributed by atoms with E-state index in [4.69, 9.17) is 0 Å². The lowest BCUT2D eigenvalue weighted by molar-refractivity contribution is 0.0983. The van der Waals surface area contributed by atoms with Crippen LogP contribution >= 0.6 is 0 Å². The molecule has 0 amide bonds. The minimum atomic E-state index is 0.278. The van der Waals surface area contributed by atoms with Crippen LogP contribution in [0, 0.1) is 0 Å². The summed E-state index contributed by atoms with van der Waals surface area (Å²) in [6.07, 6.45) is 3.66. The Balaban J connectivity index is 1.65. The zero-order valence-electron chi connectivity index (χ0n) is 11.2. The summed E-state index contributed by atoms with van der Waals surface area (Å²) in [6.45, 7) is 7.18. The molecule has 2 aliphatic rings. The zero-order valence-corrected chi connectivity index (χ0v) is 11.2. The first-order chi connectivity index (χ1) is 8.19. The first kappa shape index (κ1) is 13.3. The van der Waals surface area contributed by atoms with Gasteiger partial charge in [0.25, 0.3) is 0 Å². The van der Waals surface area contributed by atoms with Gasteiger partial charge in [0.15, 0.2) is 0 Å². The van der Waals surface area contributed by atoms with Crippen LogP contribution in [0.4, 0.5) is 0 Å². The van der Waals surface area contributed by atoms with Crippen molar-refractivity contribution >= 4 is 0 Å². The van der Waals surface area contributed by atoms with Gasteiger partial charge < -0.3 is 20.2 Å². The standard InChI is InChI=1S/C13H27N3O/c1-11-9-16(8-7-15(11)2)6-5-13(10-17)14-12-3-4-12/h11-14,17H,3-10H2,1-2H3. The first-order valence-electron chi connectivity index (χ1n) is 6.98. The van der Waals surface area contributed by atoms with Crippen molar-refractivity contribution in [1.29, 1.82) is 0 Å². The van der Waals surface area contributed by atoms with E-state index in [-0.39, 0.29) is 6.61 Å². The molecule has 0 aromatic heterocycles. The third-order valence-corrected chi connectivity index (χ3v) is 4.11. The van der Waals surface area contributed by atoms with E-state index in [1.54, 1.807) is 0 Å². The molecule has 0 spiro atoms. The van der Waals surface area contributed by atoms with Gasteiger partial charge >= 0.3 is 0 Å². The predicted octanol–water partition coefficient (Wildman–Crippen LogP) is 0.125. The molecule has 1 aliphatic carbocycles. The Hall–Kier alpha value is -0.160. The second-order valence-corrected chi connectivity index (χ2v) is 5.74. The van der Waals surface area contributed by atoms with Gasteiger partial charge in [-0.15, -0.1) is 0 Å². The Kier molecular flexibility index (Phi) is 4.79. The Morgan fingerprint density at radius 2 is 2.12 bits per heavy atom. The molecule has 4 nitrogen and oxygen atoms in total. The molecule has 2 atom stereocenters. The Morgan fingerprint density at radius 1 is 1.35 bits per heavy atom. The van der Waals surface area contributed by atoms with Crippen molar-refractivity contribution in [2.24, 2.45) is 0 Å². The molecule has 17 heavy (non-hydrogen) atoms. The fourth-order valence-corrected chi connectivity index (χ4v) is 2.48. The molecule has 2 rings (SSSR count). The third-order valence-electron chi connectivity index (χ3n) is 4.11. The molecule has 4 heteroatoms. The highest BCUT2D eigenvalue weighted by Gasteiger charge is 2.25. The van der Waals surface area contributed by atoms with E-state index in [1.165, 1.54) is 25.9 Å². The number of piperazine rings is 1. The number of likely N-dealkylation sites (N-methyl/N-ethyl adjacent to an activating group) is 1. The van der Waals surface area contributed by atoms with Gasteiger partial charge in [-0.1, -0.05) is 0 Å². The summed E-state index contributed by atoms with van der Waals surface area (Å²) in [4.78, 5) is 4.95. The number of nitrogens with one attached hydrogen (secondary N) is 1. The molecular weight excluding hydrogens is 214 g/mol. The second-order valence-electron chi connectivity index (χ2n) is 5.74. The van der Waals surface area contributed by atoms with Gasteiger partial charge in [-0.2, -0.15) is 0 Å². The summed E-state index contributed by atoms with van der Waals surface area (Å²) < 4.78 is 0. The molecule has 2 N–H and O–H groups in total. The average Bonchev–Trinajstić information content (AvgIpc) is 3.12. The minimum absolute atomic E-state index is 0.278. The number of hydrogen-bond acceptors (Lipinski definition) is 4. The maximum atomic E-state index is 9.34. The molecule has 100 valence electrons. The van der Waals surface area contributed by atoms with E-state index in [1.807, 2.05) is 0 Å². The smallest absolute Gasteiger partial charge is 0.0585 e. The highest BCUT2D eigenvalue weighted by molar-refractivity contribution is 4.85. The van der Waals surface area contributed by atoms with Gasteiger partial charge in [-0.25, -0.2) is 0 Å². The van der Waals surface area contributed by atoms with Crippen molar-refractivity contribution in [1.82, 2.24) is 15.1 Å². The summed E-state index contributed by atoms with van der Waals surface area (Å²) in [5.74, 6) is 0. The summed E-state index contributed by atoms with van der Waals surface area (Å²) in [6, 6.07) is 1.66. The van der Waals surface area contributed by atoms with Crippen LogP contribution in [-0.4, -0.2) is 72.9 Å². The lowest BCUT2D eigenvalue weighted by Gasteiger charge is -2.38. The van der Waals surface area contributed by atoms with Crippen molar-refractivity contribution in [3.8, 4) is 0 Å². The molecule has 0 aromatic rings. The fourth-order valence-electron chi connectivity index (χ4n) is 2.48. The van der Waals surface area contributed by atoms with Crippen LogP contribution in [0.1, 0.15) is 26.2 Å². The van der Waals surface area contributed by atoms with Gasteiger partial charge in [0, 0.05) is 37.8 Å². The largest absolute Gasteiger partial charge is 0.395 e. The topological polar surface area (TPSA) is 38.7 Å². The summed E-state index contributed by atoms with van der Waals surface area (Å²) >= 11 is 0. The Morgan fingerprint density at radius 3 is 2.71 bits per heavy atom. The van der Waals surface area contributed by atoms with Gasteiger partial charge in [-0.3, -0.25) is 0 Å². The molecular formula is C13H27N3O. The highest BCUT2D eigenvalue weighted by atomic mass is 16.3. The first-order valence-corrected chi connectivity index (χ1v) is 6.98. The maximum absolute atomic E-state index is 9.34.